The number of ether oxygens (including phenoxy) is 3. The quantitative estimate of drug-likeness (QED) is 0.915. The molecule has 1 fully saturated rings. The summed E-state index contributed by atoms with van der Waals surface area (Å²) in [5.74, 6) is 3.10. The Kier molecular flexibility index (Phi) is 4.42. The van der Waals surface area contributed by atoms with Crippen molar-refractivity contribution in [2.75, 3.05) is 44.9 Å². The van der Waals surface area contributed by atoms with Crippen LogP contribution in [-0.4, -0.2) is 49.9 Å². The van der Waals surface area contributed by atoms with Crippen molar-refractivity contribution >= 4 is 11.5 Å². The van der Waals surface area contributed by atoms with E-state index < -0.39 is 0 Å². The van der Waals surface area contributed by atoms with Crippen LogP contribution in [0.5, 0.6) is 11.5 Å². The molecule has 2 aromatic rings. The minimum absolute atomic E-state index is 0.0390. The van der Waals surface area contributed by atoms with Crippen molar-refractivity contribution in [2.24, 2.45) is 0 Å². The highest BCUT2D eigenvalue weighted by molar-refractivity contribution is 5.64. The Morgan fingerprint density at radius 3 is 2.72 bits per heavy atom. The van der Waals surface area contributed by atoms with Crippen LogP contribution in [0.2, 0.25) is 0 Å². The van der Waals surface area contributed by atoms with Crippen molar-refractivity contribution in [3.8, 4) is 11.5 Å². The second kappa shape index (κ2) is 6.85. The highest BCUT2D eigenvalue weighted by atomic mass is 16.6. The topological polar surface area (TPSA) is 68.7 Å². The van der Waals surface area contributed by atoms with Gasteiger partial charge in [0.2, 0.25) is 0 Å². The molecule has 1 N–H and O–H groups in total. The average Bonchev–Trinajstić information content (AvgIpc) is 2.67. The van der Waals surface area contributed by atoms with Crippen LogP contribution in [0.4, 0.5) is 11.5 Å². The molecular weight excluding hydrogens is 320 g/mol. The summed E-state index contributed by atoms with van der Waals surface area (Å²) in [7, 11) is 1.98. The van der Waals surface area contributed by atoms with E-state index in [2.05, 4.69) is 15.3 Å². The summed E-state index contributed by atoms with van der Waals surface area (Å²) >= 11 is 0. The molecule has 7 nitrogen and oxygen atoms in total. The number of morpholine rings is 1. The van der Waals surface area contributed by atoms with Crippen LogP contribution in [0.25, 0.3) is 0 Å². The first-order chi connectivity index (χ1) is 12.2. The van der Waals surface area contributed by atoms with Gasteiger partial charge >= 0.3 is 0 Å². The lowest BCUT2D eigenvalue weighted by Crippen LogP contribution is -2.34. The molecule has 1 atom stereocenters. The Morgan fingerprint density at radius 1 is 1.08 bits per heavy atom. The van der Waals surface area contributed by atoms with Crippen LogP contribution < -0.4 is 19.7 Å². The highest BCUT2D eigenvalue weighted by Gasteiger charge is 2.20. The molecule has 0 aliphatic carbocycles. The van der Waals surface area contributed by atoms with Crippen LogP contribution in [0, 0.1) is 6.92 Å². The fraction of sp³-hybridized carbons (Fsp3) is 0.444. The maximum atomic E-state index is 5.83. The largest absolute Gasteiger partial charge is 0.486 e. The van der Waals surface area contributed by atoms with Gasteiger partial charge < -0.3 is 24.4 Å². The molecular formula is C18H22N4O3. The van der Waals surface area contributed by atoms with E-state index in [9.17, 15) is 0 Å². The highest BCUT2D eigenvalue weighted by Crippen LogP contribution is 2.35. The Hall–Kier alpha value is -2.38. The van der Waals surface area contributed by atoms with Crippen molar-refractivity contribution < 1.29 is 14.2 Å². The van der Waals surface area contributed by atoms with Crippen molar-refractivity contribution in [1.29, 1.82) is 0 Å². The lowest BCUT2D eigenvalue weighted by molar-refractivity contribution is 0.0249. The van der Waals surface area contributed by atoms with Gasteiger partial charge in [0.05, 0.1) is 12.3 Å². The van der Waals surface area contributed by atoms with E-state index in [-0.39, 0.29) is 6.10 Å². The van der Waals surface area contributed by atoms with E-state index in [1.807, 2.05) is 43.1 Å². The van der Waals surface area contributed by atoms with Gasteiger partial charge in [0.1, 0.15) is 31.0 Å². The van der Waals surface area contributed by atoms with Gasteiger partial charge in [-0.3, -0.25) is 0 Å². The van der Waals surface area contributed by atoms with Gasteiger partial charge in [0.25, 0.3) is 0 Å². The summed E-state index contributed by atoms with van der Waals surface area (Å²) in [5, 5.41) is 3.34. The first kappa shape index (κ1) is 16.1. The first-order valence-electron chi connectivity index (χ1n) is 8.52. The van der Waals surface area contributed by atoms with Crippen LogP contribution in [0.3, 0.4) is 0 Å². The van der Waals surface area contributed by atoms with Crippen LogP contribution in [-0.2, 0) is 4.74 Å². The Labute approximate surface area is 146 Å². The predicted octanol–water partition coefficient (Wildman–Crippen LogP) is 1.99. The molecule has 0 amide bonds. The number of anilines is 2. The third kappa shape index (κ3) is 3.38. The summed E-state index contributed by atoms with van der Waals surface area (Å²) in [6, 6.07) is 7.90. The second-order valence-corrected chi connectivity index (χ2v) is 6.15. The molecule has 132 valence electrons. The van der Waals surface area contributed by atoms with E-state index in [4.69, 9.17) is 14.2 Å². The van der Waals surface area contributed by atoms with Crippen LogP contribution in [0.15, 0.2) is 24.3 Å². The molecule has 0 saturated carbocycles. The van der Waals surface area contributed by atoms with Crippen molar-refractivity contribution in [2.45, 2.75) is 13.0 Å². The number of hydrogen-bond donors (Lipinski definition) is 1. The number of nitrogens with one attached hydrogen (secondary N) is 1. The Balaban J connectivity index is 1.63. The Bertz CT molecular complexity index is 762. The van der Waals surface area contributed by atoms with Crippen LogP contribution in [0.1, 0.15) is 17.6 Å². The van der Waals surface area contributed by atoms with Gasteiger partial charge in [-0.15, -0.1) is 0 Å². The molecule has 1 saturated heterocycles. The fourth-order valence-corrected chi connectivity index (χ4v) is 3.04. The van der Waals surface area contributed by atoms with Gasteiger partial charge in [0.15, 0.2) is 11.5 Å². The molecule has 0 unspecified atom stereocenters. The molecule has 0 spiro atoms. The maximum absolute atomic E-state index is 5.83. The normalized spacial score (nSPS) is 19.5. The molecule has 0 radical (unpaired) electrons. The predicted molar refractivity (Wildman–Crippen MR) is 93.8 cm³/mol. The summed E-state index contributed by atoms with van der Waals surface area (Å²) in [6.07, 6.45) is -0.0390. The summed E-state index contributed by atoms with van der Waals surface area (Å²) < 4.78 is 17.1. The number of nitrogens with zero attached hydrogens (tertiary/aromatic N) is 3. The van der Waals surface area contributed by atoms with E-state index in [0.717, 1.165) is 47.6 Å². The lowest BCUT2D eigenvalue weighted by atomic mass is 10.2. The van der Waals surface area contributed by atoms with Crippen LogP contribution >= 0.6 is 0 Å². The minimum Gasteiger partial charge on any atom is -0.486 e. The monoisotopic (exact) mass is 342 g/mol. The smallest absolute Gasteiger partial charge is 0.163 e. The van der Waals surface area contributed by atoms with Gasteiger partial charge in [-0.2, -0.15) is 0 Å². The first-order valence-corrected chi connectivity index (χ1v) is 8.52. The molecule has 7 heteroatoms. The molecule has 2 aliphatic heterocycles. The van der Waals surface area contributed by atoms with E-state index in [1.165, 1.54) is 0 Å². The number of benzene rings is 1. The average molecular weight is 342 g/mol. The van der Waals surface area contributed by atoms with E-state index in [0.29, 0.717) is 19.8 Å². The van der Waals surface area contributed by atoms with Gasteiger partial charge in [-0.25, -0.2) is 9.97 Å². The summed E-state index contributed by atoms with van der Waals surface area (Å²) in [4.78, 5) is 11.2. The standard InChI is InChI=1S/C18H22N4O3/c1-12-20-14(17-11-19-5-6-23-17)10-18(21-12)22(2)13-3-4-15-16(9-13)25-8-7-24-15/h3-4,9-10,17,19H,5-8,11H2,1-2H3/t17-/m1/s1. The van der Waals surface area contributed by atoms with Gasteiger partial charge in [0, 0.05) is 38.0 Å². The molecule has 1 aromatic heterocycles. The maximum Gasteiger partial charge on any atom is 0.163 e. The van der Waals surface area contributed by atoms with Gasteiger partial charge in [-0.05, 0) is 19.1 Å². The molecule has 4 rings (SSSR count). The fourth-order valence-electron chi connectivity index (χ4n) is 3.04. The number of fused-ring (bicyclic) bond motifs is 1. The van der Waals surface area contributed by atoms with Crippen molar-refractivity contribution in [3.05, 3.63) is 35.8 Å². The zero-order chi connectivity index (χ0) is 17.2. The molecule has 2 aliphatic rings. The minimum atomic E-state index is -0.0390. The van der Waals surface area contributed by atoms with E-state index >= 15 is 0 Å². The van der Waals surface area contributed by atoms with Crippen molar-refractivity contribution in [1.82, 2.24) is 15.3 Å². The van der Waals surface area contributed by atoms with E-state index in [1.54, 1.807) is 0 Å². The number of hydrogen-bond acceptors (Lipinski definition) is 7. The molecule has 3 heterocycles. The Morgan fingerprint density at radius 2 is 1.92 bits per heavy atom. The second-order valence-electron chi connectivity index (χ2n) is 6.15. The lowest BCUT2D eigenvalue weighted by Gasteiger charge is -2.26. The van der Waals surface area contributed by atoms with Crippen molar-refractivity contribution in [3.63, 3.8) is 0 Å². The SMILES string of the molecule is Cc1nc([C@H]2CNCCO2)cc(N(C)c2ccc3c(c2)OCCO3)n1. The zero-order valence-corrected chi connectivity index (χ0v) is 14.5. The molecule has 1 aromatic carbocycles. The van der Waals surface area contributed by atoms with Gasteiger partial charge in [-0.1, -0.05) is 0 Å². The number of aryl methyl sites for hydroxylation is 1. The number of aromatic nitrogens is 2. The summed E-state index contributed by atoms with van der Waals surface area (Å²) in [5.41, 5.74) is 1.88. The molecule has 0 bridgehead atoms. The molecule has 25 heavy (non-hydrogen) atoms. The zero-order valence-electron chi connectivity index (χ0n) is 14.5. The number of rotatable bonds is 3. The third-order valence-corrected chi connectivity index (χ3v) is 4.36. The summed E-state index contributed by atoms with van der Waals surface area (Å²) in [6.45, 7) is 5.41. The third-order valence-electron chi connectivity index (χ3n) is 4.36.